The molecule has 18 heavy (non-hydrogen) atoms. The van der Waals surface area contributed by atoms with E-state index in [2.05, 4.69) is 13.8 Å². The summed E-state index contributed by atoms with van der Waals surface area (Å²) in [5, 5.41) is 2.64. The van der Waals surface area contributed by atoms with Crippen molar-refractivity contribution < 1.29 is 4.79 Å². The van der Waals surface area contributed by atoms with E-state index < -0.39 is 0 Å². The molecule has 0 aliphatic carbocycles. The van der Waals surface area contributed by atoms with Gasteiger partial charge in [-0.1, -0.05) is 44.2 Å². The molecule has 0 aliphatic heterocycles. The minimum Gasteiger partial charge on any atom is -0.390 e. The van der Waals surface area contributed by atoms with E-state index in [1.807, 2.05) is 35.7 Å². The van der Waals surface area contributed by atoms with Gasteiger partial charge < -0.3 is 5.73 Å². The van der Waals surface area contributed by atoms with Crippen LogP contribution in [-0.2, 0) is 0 Å². The molecular weight excluding hydrogens is 242 g/mol. The number of thiophene rings is 1. The maximum absolute atomic E-state index is 12.5. The van der Waals surface area contributed by atoms with Gasteiger partial charge in [-0.15, -0.1) is 11.3 Å². The first-order valence-electron chi connectivity index (χ1n) is 6.11. The molecular formula is C15H17NOS. The molecule has 2 N–H and O–H groups in total. The number of carbonyl (C=O) groups excluding carboxylic acids is 1. The van der Waals surface area contributed by atoms with Gasteiger partial charge in [0, 0.05) is 5.56 Å². The molecule has 0 amide bonds. The third-order valence-corrected chi connectivity index (χ3v) is 4.08. The van der Waals surface area contributed by atoms with Crippen LogP contribution in [0.4, 0.5) is 5.00 Å². The molecule has 2 aromatic rings. The Bertz CT molecular complexity index is 545. The largest absolute Gasteiger partial charge is 0.390 e. The minimum absolute atomic E-state index is 0.0321. The van der Waals surface area contributed by atoms with Gasteiger partial charge in [0.15, 0.2) is 5.78 Å². The molecule has 0 fully saturated rings. The van der Waals surface area contributed by atoms with Gasteiger partial charge in [0.05, 0.1) is 10.6 Å². The quantitative estimate of drug-likeness (QED) is 0.841. The number of benzene rings is 1. The predicted molar refractivity (Wildman–Crippen MR) is 77.3 cm³/mol. The first-order valence-corrected chi connectivity index (χ1v) is 6.99. The number of hydrogen-bond donors (Lipinski definition) is 1. The maximum Gasteiger partial charge on any atom is 0.196 e. The van der Waals surface area contributed by atoms with E-state index >= 15 is 0 Å². The number of carbonyl (C=O) groups is 1. The zero-order valence-corrected chi connectivity index (χ0v) is 11.5. The molecule has 0 saturated carbocycles. The molecule has 0 bridgehead atoms. The summed E-state index contributed by atoms with van der Waals surface area (Å²) in [4.78, 5) is 12.5. The summed E-state index contributed by atoms with van der Waals surface area (Å²) in [6, 6.07) is 9.32. The van der Waals surface area contributed by atoms with Crippen molar-refractivity contribution >= 4 is 22.1 Å². The summed E-state index contributed by atoms with van der Waals surface area (Å²) in [6.45, 7) is 4.25. The smallest absolute Gasteiger partial charge is 0.196 e. The van der Waals surface area contributed by atoms with Gasteiger partial charge in [-0.25, -0.2) is 0 Å². The second-order valence-electron chi connectivity index (χ2n) is 4.43. The second-order valence-corrected chi connectivity index (χ2v) is 5.35. The van der Waals surface area contributed by atoms with Crippen molar-refractivity contribution in [3.05, 3.63) is 52.4 Å². The Kier molecular flexibility index (Phi) is 3.82. The Morgan fingerprint density at radius 2 is 2.00 bits per heavy atom. The van der Waals surface area contributed by atoms with Crippen LogP contribution in [0.15, 0.2) is 35.7 Å². The molecule has 1 atom stereocenters. The van der Waals surface area contributed by atoms with E-state index in [0.717, 1.165) is 12.0 Å². The fourth-order valence-electron chi connectivity index (χ4n) is 1.95. The van der Waals surface area contributed by atoms with Crippen molar-refractivity contribution in [1.29, 1.82) is 0 Å². The Hall–Kier alpha value is -1.61. The van der Waals surface area contributed by atoms with Crippen LogP contribution in [0.5, 0.6) is 0 Å². The minimum atomic E-state index is 0.0321. The zero-order chi connectivity index (χ0) is 13.1. The van der Waals surface area contributed by atoms with Crippen molar-refractivity contribution in [2.75, 3.05) is 5.73 Å². The van der Waals surface area contributed by atoms with E-state index in [-0.39, 0.29) is 5.78 Å². The van der Waals surface area contributed by atoms with Gasteiger partial charge in [-0.2, -0.15) is 0 Å². The fraction of sp³-hybridized carbons (Fsp3) is 0.267. The maximum atomic E-state index is 12.5. The molecule has 0 spiro atoms. The van der Waals surface area contributed by atoms with Crippen LogP contribution in [0.25, 0.3) is 0 Å². The number of nitrogen functional groups attached to an aromatic ring is 1. The van der Waals surface area contributed by atoms with Crippen LogP contribution in [0.3, 0.4) is 0 Å². The Morgan fingerprint density at radius 1 is 1.33 bits per heavy atom. The third kappa shape index (κ3) is 2.31. The Balaban J connectivity index is 2.45. The van der Waals surface area contributed by atoms with Crippen molar-refractivity contribution in [2.24, 2.45) is 0 Å². The SMILES string of the molecule is CCC(C)c1csc(N)c1C(=O)c1ccccc1. The average Bonchev–Trinajstić information content (AvgIpc) is 2.80. The van der Waals surface area contributed by atoms with Crippen molar-refractivity contribution in [2.45, 2.75) is 26.2 Å². The summed E-state index contributed by atoms with van der Waals surface area (Å²) in [5.74, 6) is 0.394. The molecule has 1 aromatic heterocycles. The lowest BCUT2D eigenvalue weighted by Crippen LogP contribution is -2.07. The van der Waals surface area contributed by atoms with E-state index in [1.54, 1.807) is 0 Å². The number of nitrogens with two attached hydrogens (primary N) is 1. The third-order valence-electron chi connectivity index (χ3n) is 3.25. The van der Waals surface area contributed by atoms with Crippen molar-refractivity contribution in [3.8, 4) is 0 Å². The fourth-order valence-corrected chi connectivity index (χ4v) is 2.88. The molecule has 1 unspecified atom stereocenters. The van der Waals surface area contributed by atoms with E-state index in [4.69, 9.17) is 5.73 Å². The highest BCUT2D eigenvalue weighted by atomic mass is 32.1. The highest BCUT2D eigenvalue weighted by Gasteiger charge is 2.21. The number of ketones is 1. The standard InChI is InChI=1S/C15H17NOS/c1-3-10(2)12-9-18-15(16)13(12)14(17)11-7-5-4-6-8-11/h4-10H,3,16H2,1-2H3. The summed E-state index contributed by atoms with van der Waals surface area (Å²) in [5.41, 5.74) is 8.44. The van der Waals surface area contributed by atoms with Gasteiger partial charge >= 0.3 is 0 Å². The molecule has 0 radical (unpaired) electrons. The lowest BCUT2D eigenvalue weighted by atomic mass is 9.93. The lowest BCUT2D eigenvalue weighted by molar-refractivity contribution is 0.103. The number of anilines is 1. The Labute approximate surface area is 111 Å². The van der Waals surface area contributed by atoms with Gasteiger partial charge in [-0.05, 0) is 23.3 Å². The van der Waals surface area contributed by atoms with Gasteiger partial charge in [-0.3, -0.25) is 4.79 Å². The molecule has 2 rings (SSSR count). The second kappa shape index (κ2) is 5.36. The molecule has 1 heterocycles. The van der Waals surface area contributed by atoms with Gasteiger partial charge in [0.1, 0.15) is 0 Å². The summed E-state index contributed by atoms with van der Waals surface area (Å²) in [7, 11) is 0. The van der Waals surface area contributed by atoms with E-state index in [1.165, 1.54) is 11.3 Å². The normalized spacial score (nSPS) is 12.3. The summed E-state index contributed by atoms with van der Waals surface area (Å²) in [6.07, 6.45) is 1.01. The van der Waals surface area contributed by atoms with Gasteiger partial charge in [0.2, 0.25) is 0 Å². The highest BCUT2D eigenvalue weighted by molar-refractivity contribution is 7.14. The topological polar surface area (TPSA) is 43.1 Å². The predicted octanol–water partition coefficient (Wildman–Crippen LogP) is 4.07. The van der Waals surface area contributed by atoms with Gasteiger partial charge in [0.25, 0.3) is 0 Å². The number of rotatable bonds is 4. The molecule has 3 heteroatoms. The van der Waals surface area contributed by atoms with Crippen molar-refractivity contribution in [3.63, 3.8) is 0 Å². The van der Waals surface area contributed by atoms with Crippen LogP contribution in [0.1, 0.15) is 47.7 Å². The zero-order valence-electron chi connectivity index (χ0n) is 10.6. The molecule has 0 saturated heterocycles. The highest BCUT2D eigenvalue weighted by Crippen LogP contribution is 2.33. The van der Waals surface area contributed by atoms with Crippen LogP contribution < -0.4 is 5.73 Å². The first-order chi connectivity index (χ1) is 8.65. The molecule has 1 aromatic carbocycles. The number of hydrogen-bond acceptors (Lipinski definition) is 3. The van der Waals surface area contributed by atoms with Crippen LogP contribution in [-0.4, -0.2) is 5.78 Å². The lowest BCUT2D eigenvalue weighted by Gasteiger charge is -2.10. The average molecular weight is 259 g/mol. The monoisotopic (exact) mass is 259 g/mol. The Morgan fingerprint density at radius 3 is 2.61 bits per heavy atom. The van der Waals surface area contributed by atoms with Crippen LogP contribution in [0.2, 0.25) is 0 Å². The first kappa shape index (κ1) is 12.8. The molecule has 94 valence electrons. The molecule has 2 nitrogen and oxygen atoms in total. The van der Waals surface area contributed by atoms with E-state index in [9.17, 15) is 4.79 Å². The summed E-state index contributed by atoms with van der Waals surface area (Å²) < 4.78 is 0. The van der Waals surface area contributed by atoms with E-state index in [0.29, 0.717) is 22.0 Å². The molecule has 0 aliphatic rings. The summed E-state index contributed by atoms with van der Waals surface area (Å²) >= 11 is 1.45. The van der Waals surface area contributed by atoms with Crippen LogP contribution >= 0.6 is 11.3 Å². The van der Waals surface area contributed by atoms with Crippen molar-refractivity contribution in [1.82, 2.24) is 0 Å². The van der Waals surface area contributed by atoms with Crippen LogP contribution in [0, 0.1) is 0 Å².